The van der Waals surface area contributed by atoms with Crippen LogP contribution in [0, 0.1) is 0 Å². The molecule has 0 saturated heterocycles. The molecule has 0 amide bonds. The zero-order valence-electron chi connectivity index (χ0n) is 14.4. The van der Waals surface area contributed by atoms with Gasteiger partial charge in [0.2, 0.25) is 11.2 Å². The van der Waals surface area contributed by atoms with E-state index in [2.05, 4.69) is 90.1 Å². The minimum atomic E-state index is 0. The summed E-state index contributed by atoms with van der Waals surface area (Å²) in [5.74, 6) is 0. The SMILES string of the molecule is CCN1/C(=C/c2ccc3ccccc3[n+]2CC)Sc2ccccc21.[I-]. The molecular formula is C21H21IN2S. The van der Waals surface area contributed by atoms with Crippen LogP contribution in [0.25, 0.3) is 17.0 Å². The summed E-state index contributed by atoms with van der Waals surface area (Å²) in [7, 11) is 0. The summed E-state index contributed by atoms with van der Waals surface area (Å²) in [5, 5.41) is 2.59. The van der Waals surface area contributed by atoms with Crippen LogP contribution in [0.2, 0.25) is 0 Å². The Morgan fingerprint density at radius 2 is 1.72 bits per heavy atom. The van der Waals surface area contributed by atoms with Crippen molar-refractivity contribution in [2.45, 2.75) is 25.3 Å². The third-order valence-corrected chi connectivity index (χ3v) is 5.63. The number of nitrogens with zero attached hydrogens (tertiary/aromatic N) is 2. The third-order valence-electron chi connectivity index (χ3n) is 4.51. The summed E-state index contributed by atoms with van der Waals surface area (Å²) in [6, 6.07) is 21.7. The number of halogens is 1. The first kappa shape index (κ1) is 18.3. The van der Waals surface area contributed by atoms with Gasteiger partial charge in [-0.3, -0.25) is 0 Å². The number of pyridine rings is 1. The molecule has 2 nitrogen and oxygen atoms in total. The van der Waals surface area contributed by atoms with Crippen LogP contribution in [0.5, 0.6) is 0 Å². The van der Waals surface area contributed by atoms with Crippen molar-refractivity contribution in [3.05, 3.63) is 71.4 Å². The van der Waals surface area contributed by atoms with Crippen LogP contribution in [0.4, 0.5) is 5.69 Å². The number of benzene rings is 2. The largest absolute Gasteiger partial charge is 1.00 e. The average molecular weight is 460 g/mol. The monoisotopic (exact) mass is 460 g/mol. The maximum absolute atomic E-state index is 2.40. The van der Waals surface area contributed by atoms with Gasteiger partial charge in [0.15, 0.2) is 0 Å². The van der Waals surface area contributed by atoms with Crippen molar-refractivity contribution in [2.24, 2.45) is 0 Å². The number of rotatable bonds is 3. The summed E-state index contributed by atoms with van der Waals surface area (Å²) < 4.78 is 2.39. The lowest BCUT2D eigenvalue weighted by Crippen LogP contribution is -3.00. The Bertz CT molecular complexity index is 936. The second-order valence-electron chi connectivity index (χ2n) is 5.86. The van der Waals surface area contributed by atoms with Gasteiger partial charge in [0.05, 0.1) is 10.7 Å². The van der Waals surface area contributed by atoms with Gasteiger partial charge in [0.25, 0.3) is 0 Å². The van der Waals surface area contributed by atoms with E-state index in [0.29, 0.717) is 0 Å². The zero-order valence-corrected chi connectivity index (χ0v) is 17.4. The lowest BCUT2D eigenvalue weighted by atomic mass is 10.2. The molecule has 128 valence electrons. The average Bonchev–Trinajstić information content (AvgIpc) is 2.98. The van der Waals surface area contributed by atoms with E-state index in [-0.39, 0.29) is 24.0 Å². The molecule has 0 atom stereocenters. The topological polar surface area (TPSA) is 7.12 Å². The highest BCUT2D eigenvalue weighted by Gasteiger charge is 2.24. The van der Waals surface area contributed by atoms with Crippen molar-refractivity contribution in [1.29, 1.82) is 0 Å². The molecule has 2 aromatic carbocycles. The van der Waals surface area contributed by atoms with Gasteiger partial charge < -0.3 is 28.9 Å². The Balaban J connectivity index is 0.00000182. The Hall–Kier alpha value is -1.53. The van der Waals surface area contributed by atoms with Crippen LogP contribution < -0.4 is 33.4 Å². The van der Waals surface area contributed by atoms with Gasteiger partial charge in [-0.1, -0.05) is 36.0 Å². The van der Waals surface area contributed by atoms with Crippen molar-refractivity contribution in [1.82, 2.24) is 0 Å². The van der Waals surface area contributed by atoms with Crippen molar-refractivity contribution in [3.63, 3.8) is 0 Å². The number of thioether (sulfide) groups is 1. The molecule has 0 radical (unpaired) electrons. The Morgan fingerprint density at radius 3 is 2.52 bits per heavy atom. The molecule has 0 aliphatic carbocycles. The van der Waals surface area contributed by atoms with Crippen LogP contribution in [0.1, 0.15) is 19.5 Å². The predicted octanol–water partition coefficient (Wildman–Crippen LogP) is 2.08. The molecular weight excluding hydrogens is 439 g/mol. The van der Waals surface area contributed by atoms with E-state index in [9.17, 15) is 0 Å². The second kappa shape index (κ2) is 7.79. The van der Waals surface area contributed by atoms with Crippen molar-refractivity contribution >= 4 is 34.4 Å². The normalized spacial score (nSPS) is 14.6. The van der Waals surface area contributed by atoms with Crippen LogP contribution in [0.3, 0.4) is 0 Å². The summed E-state index contributed by atoms with van der Waals surface area (Å²) in [6.45, 7) is 6.37. The number of hydrogen-bond donors (Lipinski definition) is 0. The second-order valence-corrected chi connectivity index (χ2v) is 6.92. The van der Waals surface area contributed by atoms with Gasteiger partial charge in [-0.05, 0) is 38.1 Å². The minimum absolute atomic E-state index is 0. The van der Waals surface area contributed by atoms with Crippen molar-refractivity contribution in [2.75, 3.05) is 11.4 Å². The van der Waals surface area contributed by atoms with E-state index >= 15 is 0 Å². The Morgan fingerprint density at radius 1 is 0.960 bits per heavy atom. The standard InChI is InChI=1S/C21H21N2S.HI/c1-3-22-17(14-13-16-9-5-6-10-18(16)22)15-21-23(4-2)19-11-7-8-12-20(19)24-21;/h5-15H,3-4H2,1-2H3;1H/q+1;/p-1. The molecule has 0 saturated carbocycles. The molecule has 0 bridgehead atoms. The highest BCUT2D eigenvalue weighted by atomic mass is 127. The molecule has 0 spiro atoms. The van der Waals surface area contributed by atoms with E-state index in [4.69, 9.17) is 0 Å². The maximum Gasteiger partial charge on any atom is 0.212 e. The molecule has 4 heteroatoms. The van der Waals surface area contributed by atoms with Gasteiger partial charge >= 0.3 is 0 Å². The highest BCUT2D eigenvalue weighted by Crippen LogP contribution is 2.46. The molecule has 25 heavy (non-hydrogen) atoms. The summed E-state index contributed by atoms with van der Waals surface area (Å²) in [4.78, 5) is 3.74. The fourth-order valence-corrected chi connectivity index (χ4v) is 4.54. The van der Waals surface area contributed by atoms with Crippen LogP contribution in [-0.4, -0.2) is 6.54 Å². The van der Waals surface area contributed by atoms with E-state index in [1.807, 2.05) is 11.8 Å². The van der Waals surface area contributed by atoms with Crippen molar-refractivity contribution < 1.29 is 28.5 Å². The number of hydrogen-bond acceptors (Lipinski definition) is 2. The van der Waals surface area contributed by atoms with E-state index < -0.39 is 0 Å². The summed E-state index contributed by atoms with van der Waals surface area (Å²) >= 11 is 1.86. The highest BCUT2D eigenvalue weighted by molar-refractivity contribution is 8.03. The molecule has 1 aliphatic rings. The van der Waals surface area contributed by atoms with Crippen LogP contribution in [-0.2, 0) is 6.54 Å². The number of fused-ring (bicyclic) bond motifs is 2. The van der Waals surface area contributed by atoms with Crippen molar-refractivity contribution in [3.8, 4) is 0 Å². The molecule has 1 aromatic heterocycles. The van der Waals surface area contributed by atoms with Crippen LogP contribution in [0.15, 0.2) is 70.6 Å². The third kappa shape index (κ3) is 3.29. The summed E-state index contributed by atoms with van der Waals surface area (Å²) in [5.41, 5.74) is 3.86. The first-order valence-corrected chi connectivity index (χ1v) is 9.31. The fourth-order valence-electron chi connectivity index (χ4n) is 3.37. The number of anilines is 1. The predicted molar refractivity (Wildman–Crippen MR) is 103 cm³/mol. The molecule has 0 fully saturated rings. The number of aryl methyl sites for hydroxylation is 1. The van der Waals surface area contributed by atoms with Gasteiger partial charge in [-0.25, -0.2) is 0 Å². The van der Waals surface area contributed by atoms with E-state index in [1.165, 1.54) is 32.2 Å². The molecule has 0 unspecified atom stereocenters. The molecule has 0 N–H and O–H groups in total. The first-order chi connectivity index (χ1) is 11.8. The smallest absolute Gasteiger partial charge is 0.212 e. The Kier molecular flexibility index (Phi) is 5.69. The van der Waals surface area contributed by atoms with Gasteiger partial charge in [-0.15, -0.1) is 0 Å². The quantitative estimate of drug-likeness (QED) is 0.437. The minimum Gasteiger partial charge on any atom is -1.00 e. The fraction of sp³-hybridized carbons (Fsp3) is 0.190. The summed E-state index contributed by atoms with van der Waals surface area (Å²) in [6.07, 6.45) is 2.32. The first-order valence-electron chi connectivity index (χ1n) is 8.49. The van der Waals surface area contributed by atoms with E-state index in [1.54, 1.807) is 0 Å². The van der Waals surface area contributed by atoms with Gasteiger partial charge in [-0.2, -0.15) is 4.57 Å². The number of para-hydroxylation sites is 2. The van der Waals surface area contributed by atoms with Crippen LogP contribution >= 0.6 is 11.8 Å². The molecule has 2 heterocycles. The van der Waals surface area contributed by atoms with Gasteiger partial charge in [0.1, 0.15) is 6.54 Å². The van der Waals surface area contributed by atoms with Gasteiger partial charge in [0, 0.05) is 35.0 Å². The number of aromatic nitrogens is 1. The lowest BCUT2D eigenvalue weighted by Gasteiger charge is -2.17. The molecule has 4 rings (SSSR count). The molecule has 1 aliphatic heterocycles. The lowest BCUT2D eigenvalue weighted by molar-refractivity contribution is -0.669. The van der Waals surface area contributed by atoms with E-state index in [0.717, 1.165) is 13.1 Å². The maximum atomic E-state index is 2.40. The zero-order chi connectivity index (χ0) is 16.5. The molecule has 3 aromatic rings. The Labute approximate surface area is 170 Å².